The van der Waals surface area contributed by atoms with Gasteiger partial charge in [-0.3, -0.25) is 38.5 Å². The predicted octanol–water partition coefficient (Wildman–Crippen LogP) is 6.87. The number of unbranched alkanes of at least 4 members (excludes halogenated alkanes) is 1. The zero-order valence-electron chi connectivity index (χ0n) is 43.2. The van der Waals surface area contributed by atoms with Crippen LogP contribution in [0.15, 0.2) is 29.6 Å². The number of aromatic nitrogens is 1. The fourth-order valence-corrected chi connectivity index (χ4v) is 9.19. The van der Waals surface area contributed by atoms with Crippen molar-refractivity contribution in [1.29, 1.82) is 0 Å². The summed E-state index contributed by atoms with van der Waals surface area (Å²) in [5, 5.41) is 25.4. The van der Waals surface area contributed by atoms with Crippen LogP contribution >= 0.6 is 11.3 Å². The molecule has 0 unspecified atom stereocenters. The number of esters is 1. The summed E-state index contributed by atoms with van der Waals surface area (Å²) in [4.78, 5) is 105. The van der Waals surface area contributed by atoms with E-state index in [9.17, 15) is 38.7 Å². The van der Waals surface area contributed by atoms with E-state index in [1.807, 2.05) is 53.5 Å². The maximum absolute atomic E-state index is 14.8. The highest BCUT2D eigenvalue weighted by atomic mass is 32.1. The number of ether oxygens (including phenoxy) is 1. The van der Waals surface area contributed by atoms with E-state index >= 15 is 0 Å². The van der Waals surface area contributed by atoms with Gasteiger partial charge in [0.15, 0.2) is 6.10 Å². The molecule has 2 heterocycles. The number of ketones is 1. The molecule has 1 aliphatic rings. The number of piperidine rings is 1. The number of rotatable bonds is 29. The van der Waals surface area contributed by atoms with E-state index in [1.54, 1.807) is 38.1 Å². The smallest absolute Gasteiger partial charge is 0.309 e. The van der Waals surface area contributed by atoms with Gasteiger partial charge in [-0.05, 0) is 102 Å². The number of carboxylic acid groups (broad SMARTS) is 1. The first kappa shape index (κ1) is 59.1. The number of thiazole rings is 1. The van der Waals surface area contributed by atoms with E-state index in [2.05, 4.69) is 32.2 Å². The van der Waals surface area contributed by atoms with Crippen LogP contribution in [0.4, 0.5) is 5.69 Å². The van der Waals surface area contributed by atoms with Gasteiger partial charge in [0.05, 0.1) is 30.1 Å². The predicted molar refractivity (Wildman–Crippen MR) is 270 cm³/mol. The van der Waals surface area contributed by atoms with Gasteiger partial charge in [-0.25, -0.2) is 10.0 Å². The van der Waals surface area contributed by atoms with Gasteiger partial charge < -0.3 is 35.9 Å². The van der Waals surface area contributed by atoms with E-state index in [0.717, 1.165) is 36.3 Å². The van der Waals surface area contributed by atoms with Crippen molar-refractivity contribution in [1.82, 2.24) is 30.9 Å². The normalized spacial score (nSPS) is 16.8. The van der Waals surface area contributed by atoms with Crippen molar-refractivity contribution >= 4 is 58.4 Å². The van der Waals surface area contributed by atoms with Crippen molar-refractivity contribution in [3.63, 3.8) is 0 Å². The number of Topliss-reactive ketones (excluding diaryl/α,β-unsaturated/α-hetero) is 1. The molecule has 0 aliphatic carbocycles. The number of hydrogen-bond donors (Lipinski definition) is 5. The number of hydroxylamine groups is 2. The molecular weight excluding hydrogens is 915 g/mol. The minimum Gasteiger partial charge on any atom is -0.481 e. The minimum atomic E-state index is -1.22. The summed E-state index contributed by atoms with van der Waals surface area (Å²) in [7, 11) is 1.91. The van der Waals surface area contributed by atoms with Crippen molar-refractivity contribution in [2.24, 2.45) is 17.3 Å². The van der Waals surface area contributed by atoms with Crippen molar-refractivity contribution in [3.8, 4) is 12.3 Å². The Labute approximate surface area is 419 Å². The number of terminal acetylenes is 1. The molecule has 1 saturated heterocycles. The van der Waals surface area contributed by atoms with Crippen molar-refractivity contribution in [2.45, 2.75) is 182 Å². The molecule has 1 aromatic carbocycles. The van der Waals surface area contributed by atoms with Gasteiger partial charge in [-0.2, -0.15) is 0 Å². The second kappa shape index (κ2) is 28.6. The standard InChI is InChI=1S/C52H79N7O10S/c1-13-15-18-27-68-59(50(65)45(34(7)14-2)57-48(64)42-19-16-17-26-58(42)12)43(32(3)4)29-44(69-36(9)61)49-56-41(31-70-49)47(63)55-39(30-52(10,11)51(66)67)28-37-21-23-38(24-22-37)54-46(62)40(53-33(5)6)25-20-35(8)60/h1,21-24,31-34,39-40,42-45,53H,14-20,25-30H2,2-12H3,(H,54,62)(H,55,63)(H,57,64)(H,66,67)/t34-,39-,40-,42+,43+,44+,45-/m0/s1. The molecule has 4 amide bonds. The Kier molecular flexibility index (Phi) is 24.1. The van der Waals surface area contributed by atoms with Crippen molar-refractivity contribution < 1.29 is 48.2 Å². The van der Waals surface area contributed by atoms with Crippen LogP contribution in [-0.2, 0) is 44.8 Å². The number of aliphatic carboxylic acids is 1. The molecular formula is C52H79N7O10S. The number of hydrogen-bond acceptors (Lipinski definition) is 13. The van der Waals surface area contributed by atoms with Crippen LogP contribution in [0.2, 0.25) is 0 Å². The molecule has 7 atom stereocenters. The summed E-state index contributed by atoms with van der Waals surface area (Å²) in [5.74, 6) is -1.08. The third-order valence-corrected chi connectivity index (χ3v) is 13.6. The second-order valence-electron chi connectivity index (χ2n) is 20.0. The number of amides is 4. The molecule has 0 bridgehead atoms. The van der Waals surface area contributed by atoms with Gasteiger partial charge in [0.2, 0.25) is 11.8 Å². The van der Waals surface area contributed by atoms with E-state index in [0.29, 0.717) is 42.8 Å². The number of nitrogens with one attached hydrogen (secondary N) is 4. The van der Waals surface area contributed by atoms with Gasteiger partial charge in [0, 0.05) is 49.3 Å². The number of likely N-dealkylation sites (N-methyl/N-ethyl adjacent to an activating group) is 1. The summed E-state index contributed by atoms with van der Waals surface area (Å²) in [6.45, 7) is 18.3. The minimum absolute atomic E-state index is 0.00908. The zero-order valence-corrected chi connectivity index (χ0v) is 44.0. The van der Waals surface area contributed by atoms with Gasteiger partial charge in [0.1, 0.15) is 22.5 Å². The zero-order chi connectivity index (χ0) is 52.3. The number of likely N-dealkylation sites (tertiary alicyclic amines) is 1. The Morgan fingerprint density at radius 3 is 2.29 bits per heavy atom. The molecule has 70 heavy (non-hydrogen) atoms. The number of carbonyl (C=O) groups excluding carboxylic acids is 6. The lowest BCUT2D eigenvalue weighted by Crippen LogP contribution is -2.58. The average molecular weight is 994 g/mol. The monoisotopic (exact) mass is 994 g/mol. The fraction of sp³-hybridized carbons (Fsp3) is 0.654. The van der Waals surface area contributed by atoms with E-state index in [-0.39, 0.29) is 79.5 Å². The first-order valence-electron chi connectivity index (χ1n) is 24.7. The third-order valence-electron chi connectivity index (χ3n) is 12.6. The van der Waals surface area contributed by atoms with Crippen LogP contribution in [0.3, 0.4) is 0 Å². The molecule has 2 aromatic rings. The SMILES string of the molecule is C#CCCCON(C(=O)[C@@H](NC(=O)[C@H]1CCCCN1C)[C@@H](C)CC)[C@H](C[C@@H](OC(C)=O)c1nc(C(=O)N[C@@H](Cc2ccc(NC(=O)[C@H](CCC(C)=O)NC(C)C)cc2)CC(C)(C)C(=O)O)cs1)C(C)C. The first-order valence-corrected chi connectivity index (χ1v) is 25.6. The maximum Gasteiger partial charge on any atom is 0.309 e. The summed E-state index contributed by atoms with van der Waals surface area (Å²) in [6.07, 6.45) is 9.55. The molecule has 1 aromatic heterocycles. The Morgan fingerprint density at radius 2 is 1.71 bits per heavy atom. The summed E-state index contributed by atoms with van der Waals surface area (Å²) < 4.78 is 5.88. The van der Waals surface area contributed by atoms with Crippen LogP contribution in [0, 0.1) is 29.6 Å². The first-order chi connectivity index (χ1) is 33.0. The van der Waals surface area contributed by atoms with Crippen LogP contribution in [0.5, 0.6) is 0 Å². The van der Waals surface area contributed by atoms with Crippen LogP contribution < -0.4 is 21.3 Å². The molecule has 1 fully saturated rings. The topological polar surface area (TPSA) is 226 Å². The van der Waals surface area contributed by atoms with Crippen LogP contribution in [-0.4, -0.2) is 118 Å². The lowest BCUT2D eigenvalue weighted by molar-refractivity contribution is -0.213. The molecule has 0 saturated carbocycles. The lowest BCUT2D eigenvalue weighted by atomic mass is 9.84. The molecule has 3 rings (SSSR count). The van der Waals surface area contributed by atoms with Gasteiger partial charge in [-0.1, -0.05) is 66.5 Å². The molecule has 5 N–H and O–H groups in total. The van der Waals surface area contributed by atoms with Gasteiger partial charge in [0.25, 0.3) is 11.8 Å². The summed E-state index contributed by atoms with van der Waals surface area (Å²) in [6, 6.07) is 3.83. The highest BCUT2D eigenvalue weighted by molar-refractivity contribution is 7.09. The Morgan fingerprint density at radius 1 is 1.03 bits per heavy atom. The largest absolute Gasteiger partial charge is 0.481 e. The van der Waals surface area contributed by atoms with E-state index in [1.165, 1.54) is 24.3 Å². The van der Waals surface area contributed by atoms with Crippen molar-refractivity contribution in [2.75, 3.05) is 25.5 Å². The van der Waals surface area contributed by atoms with E-state index < -0.39 is 59.4 Å². The van der Waals surface area contributed by atoms with Gasteiger partial charge >= 0.3 is 11.9 Å². The number of carbonyl (C=O) groups is 7. The number of benzene rings is 1. The molecule has 0 spiro atoms. The fourth-order valence-electron chi connectivity index (χ4n) is 8.35. The molecule has 18 heteroatoms. The lowest BCUT2D eigenvalue weighted by Gasteiger charge is -2.39. The number of nitrogens with zero attached hydrogens (tertiary/aromatic N) is 3. The highest BCUT2D eigenvalue weighted by Crippen LogP contribution is 2.33. The van der Waals surface area contributed by atoms with Crippen LogP contribution in [0.25, 0.3) is 0 Å². The van der Waals surface area contributed by atoms with E-state index in [4.69, 9.17) is 16.0 Å². The molecule has 388 valence electrons. The molecule has 1 aliphatic heterocycles. The second-order valence-corrected chi connectivity index (χ2v) is 20.8. The Balaban J connectivity index is 1.91. The number of carboxylic acids is 1. The Bertz CT molecular complexity index is 2100. The third kappa shape index (κ3) is 18.8. The average Bonchev–Trinajstić information content (AvgIpc) is 3.79. The van der Waals surface area contributed by atoms with Gasteiger partial charge in [-0.15, -0.1) is 23.7 Å². The number of anilines is 1. The van der Waals surface area contributed by atoms with Crippen LogP contribution in [0.1, 0.15) is 161 Å². The highest BCUT2D eigenvalue weighted by Gasteiger charge is 2.40. The van der Waals surface area contributed by atoms with Crippen molar-refractivity contribution in [3.05, 3.63) is 45.9 Å². The quantitative estimate of drug-likeness (QED) is 0.0243. The summed E-state index contributed by atoms with van der Waals surface area (Å²) >= 11 is 1.10. The summed E-state index contributed by atoms with van der Waals surface area (Å²) in [5.41, 5.74) is 0.0974. The molecule has 17 nitrogen and oxygen atoms in total. The molecule has 0 radical (unpaired) electrons. The maximum atomic E-state index is 14.8. The Hall–Kier alpha value is -5.22.